The summed E-state index contributed by atoms with van der Waals surface area (Å²) in [5.74, 6) is -13.1. The van der Waals surface area contributed by atoms with Crippen LogP contribution in [0.25, 0.3) is 22.6 Å². The standard InChI is InChI=1S/C62H86N12O17/c1-26(2)42-59(85)73-21-17-18-36(73)57(83)69(13)24-38(76)71(15)48(28(5)6)61(87)89-32(11)44(55(81)65-42)67-53(79)35-20-19-30(9)51-46(35)64-47-40(41(63)50(78)31(10)52(47)91-51)54(80)68-45-33(12)90-62(88)49(29(7)8)72(16)39(77)25-70(14)58(84)37-22-34(75)23-74(37)60(86)43(27(3)4)66-56(45)82/h19-20,26-29,32-34,36-37,42-45,48-49,75H,17-18,21-25,63H2,1-16H3,(H,65,81)(H,66,82)(H,67,79)(H,68,80)/t32-,33-,34?,36+,37+,42-,43-,44+,45+,48+,49+/m1/s1. The molecule has 0 aromatic heterocycles. The fourth-order valence-electron chi connectivity index (χ4n) is 12.3. The van der Waals surface area contributed by atoms with Gasteiger partial charge in [-0.2, -0.15) is 0 Å². The lowest BCUT2D eigenvalue weighted by Crippen LogP contribution is -2.61. The number of aliphatic hydroxyl groups excluding tert-OH is 1. The fraction of sp³-hybridized carbons (Fsp3) is 0.613. The molecule has 1 aromatic rings. The number of aryl methyl sites for hydroxylation is 1. The molecule has 5 aliphatic heterocycles. The minimum Gasteiger partial charge on any atom is -0.458 e. The minimum absolute atomic E-state index is 0.0925. The van der Waals surface area contributed by atoms with Gasteiger partial charge in [-0.25, -0.2) is 14.6 Å². The number of nitrogens with zero attached hydrogens (tertiary/aromatic N) is 7. The lowest BCUT2D eigenvalue weighted by atomic mass is 9.98. The molecule has 0 spiro atoms. The molecule has 7 rings (SSSR count). The number of likely N-dealkylation sites (N-methyl/N-ethyl adjacent to an activating group) is 4. The molecule has 10 amide bonds. The van der Waals surface area contributed by atoms with Crippen LogP contribution in [0.5, 0.6) is 0 Å². The van der Waals surface area contributed by atoms with Gasteiger partial charge in [0.2, 0.25) is 52.7 Å². The van der Waals surface area contributed by atoms with Crippen molar-refractivity contribution >= 4 is 87.8 Å². The van der Waals surface area contributed by atoms with E-state index < -0.39 is 197 Å². The predicted octanol–water partition coefficient (Wildman–Crippen LogP) is -0.304. The fourth-order valence-corrected chi connectivity index (χ4v) is 12.3. The maximum atomic E-state index is 15.2. The van der Waals surface area contributed by atoms with Crippen molar-refractivity contribution in [1.29, 1.82) is 0 Å². The first kappa shape index (κ1) is 69.7. The highest BCUT2D eigenvalue weighted by atomic mass is 16.6. The van der Waals surface area contributed by atoms with Gasteiger partial charge >= 0.3 is 11.9 Å². The molecule has 0 bridgehead atoms. The van der Waals surface area contributed by atoms with E-state index in [1.807, 2.05) is 0 Å². The monoisotopic (exact) mass is 1270 g/mol. The molecule has 4 fully saturated rings. The molecule has 0 saturated carbocycles. The highest BCUT2D eigenvalue weighted by Gasteiger charge is 2.48. The Hall–Kier alpha value is -8.76. The van der Waals surface area contributed by atoms with Crippen molar-refractivity contribution in [3.63, 3.8) is 0 Å². The summed E-state index contributed by atoms with van der Waals surface area (Å²) in [6.07, 6.45) is -3.77. The molecule has 29 heteroatoms. The third-order valence-corrected chi connectivity index (χ3v) is 17.5. The Morgan fingerprint density at radius 3 is 1.62 bits per heavy atom. The SMILES string of the molecule is Cc1c2oc3c(C)ccc(C(=O)N[C@@H]4C(=O)N[C@H](C(C)C)C(=O)N5CCC[C@H]5C(=O)N(C)CC(=O)N(C)[C@@H](C(C)C)C(=O)O[C@@H]4C)c3nc-2c(C(=O)N[C@@H]2C(=O)N[C@H](C(C)C)C(=O)N3CC(O)C[C@H]3C(=O)N(C)CC(=O)N(C)[C@@H](C(C)C)C(=O)O[C@@H]2C)c(N)c1=O. The van der Waals surface area contributed by atoms with E-state index in [0.717, 1.165) is 19.6 Å². The van der Waals surface area contributed by atoms with Crippen molar-refractivity contribution in [1.82, 2.24) is 55.7 Å². The van der Waals surface area contributed by atoms with Crippen LogP contribution in [0.15, 0.2) is 21.3 Å². The van der Waals surface area contributed by atoms with E-state index in [4.69, 9.17) is 24.6 Å². The molecule has 0 radical (unpaired) electrons. The number of cyclic esters (lactones) is 2. The minimum atomic E-state index is -1.94. The summed E-state index contributed by atoms with van der Waals surface area (Å²) in [4.78, 5) is 199. The van der Waals surface area contributed by atoms with E-state index in [1.165, 1.54) is 70.9 Å². The first-order valence-electron chi connectivity index (χ1n) is 30.6. The number of esters is 2. The maximum Gasteiger partial charge on any atom is 0.329 e. The number of rotatable bonds is 8. The molecular formula is C62H86N12O17. The Morgan fingerprint density at radius 1 is 0.659 bits per heavy atom. The van der Waals surface area contributed by atoms with E-state index in [-0.39, 0.29) is 53.9 Å². The van der Waals surface area contributed by atoms with Gasteiger partial charge in [0, 0.05) is 53.3 Å². The predicted molar refractivity (Wildman–Crippen MR) is 327 cm³/mol. The van der Waals surface area contributed by atoms with Crippen molar-refractivity contribution in [2.24, 2.45) is 23.7 Å². The number of hydrogen-bond acceptors (Lipinski definition) is 19. The van der Waals surface area contributed by atoms with Gasteiger partial charge in [-0.15, -0.1) is 0 Å². The number of carbonyl (C=O) groups excluding carboxylic acids is 12. The summed E-state index contributed by atoms with van der Waals surface area (Å²) in [5.41, 5.74) is 3.38. The van der Waals surface area contributed by atoms with Gasteiger partial charge in [0.05, 0.1) is 36.0 Å². The number of nitrogen functional groups attached to an aromatic ring is 1. The zero-order chi connectivity index (χ0) is 67.8. The summed E-state index contributed by atoms with van der Waals surface area (Å²) in [5, 5.41) is 21.4. The molecule has 91 heavy (non-hydrogen) atoms. The quantitative estimate of drug-likeness (QED) is 0.0957. The number of fused-ring (bicyclic) bond motifs is 4. The number of hydrogen-bond donors (Lipinski definition) is 6. The van der Waals surface area contributed by atoms with E-state index in [0.29, 0.717) is 12.0 Å². The Kier molecular flexibility index (Phi) is 21.3. The van der Waals surface area contributed by atoms with E-state index in [2.05, 4.69) is 21.3 Å². The Bertz CT molecular complexity index is 3460. The molecule has 7 N–H and O–H groups in total. The van der Waals surface area contributed by atoms with Crippen molar-refractivity contribution in [2.45, 2.75) is 169 Å². The van der Waals surface area contributed by atoms with Gasteiger partial charge in [0.25, 0.3) is 11.8 Å². The molecule has 496 valence electrons. The molecular weight excluding hydrogens is 1180 g/mol. The maximum absolute atomic E-state index is 15.2. The van der Waals surface area contributed by atoms with Crippen LogP contribution in [0, 0.1) is 37.5 Å². The third-order valence-electron chi connectivity index (χ3n) is 17.5. The largest absolute Gasteiger partial charge is 0.458 e. The molecule has 1 unspecified atom stereocenters. The first-order valence-corrected chi connectivity index (χ1v) is 30.6. The molecule has 11 atom stereocenters. The van der Waals surface area contributed by atoms with Crippen LogP contribution in [0.1, 0.15) is 120 Å². The smallest absolute Gasteiger partial charge is 0.329 e. The zero-order valence-electron chi connectivity index (χ0n) is 54.5. The molecule has 1 aromatic carbocycles. The van der Waals surface area contributed by atoms with E-state index in [9.17, 15) is 57.8 Å². The van der Waals surface area contributed by atoms with Crippen molar-refractivity contribution in [3.8, 4) is 11.5 Å². The van der Waals surface area contributed by atoms with Crippen LogP contribution in [-0.4, -0.2) is 232 Å². The van der Waals surface area contributed by atoms with E-state index in [1.54, 1.807) is 62.3 Å². The number of amides is 10. The number of carbonyl (C=O) groups is 12. The summed E-state index contributed by atoms with van der Waals surface area (Å²) in [6.45, 7) is 17.5. The van der Waals surface area contributed by atoms with Crippen LogP contribution in [0.3, 0.4) is 0 Å². The average Bonchev–Trinajstić information content (AvgIpc) is 1.68. The lowest BCUT2D eigenvalue weighted by Gasteiger charge is -2.36. The van der Waals surface area contributed by atoms with Gasteiger partial charge in [-0.1, -0.05) is 61.5 Å². The molecule has 1 aliphatic carbocycles. The number of nitrogens with two attached hydrogens (primary N) is 1. The average molecular weight is 1270 g/mol. The van der Waals surface area contributed by atoms with Gasteiger partial charge in [0.15, 0.2) is 11.3 Å². The molecule has 4 saturated heterocycles. The van der Waals surface area contributed by atoms with Crippen molar-refractivity contribution in [2.75, 3.05) is 60.1 Å². The number of aliphatic hydroxyl groups is 1. The van der Waals surface area contributed by atoms with Crippen LogP contribution < -0.4 is 32.4 Å². The molecule has 6 aliphatic rings. The van der Waals surface area contributed by atoms with Crippen LogP contribution in [-0.2, 0) is 57.4 Å². The van der Waals surface area contributed by atoms with Crippen LogP contribution in [0.4, 0.5) is 5.69 Å². The number of benzene rings is 2. The zero-order valence-corrected chi connectivity index (χ0v) is 54.5. The number of anilines is 1. The van der Waals surface area contributed by atoms with Gasteiger partial charge in [0.1, 0.15) is 71.8 Å². The van der Waals surface area contributed by atoms with E-state index >= 15 is 9.59 Å². The highest BCUT2D eigenvalue weighted by molar-refractivity contribution is 6.10. The van der Waals surface area contributed by atoms with Crippen LogP contribution in [0.2, 0.25) is 0 Å². The van der Waals surface area contributed by atoms with Gasteiger partial charge in [-0.05, 0) is 75.8 Å². The normalized spacial score (nSPS) is 26.9. The highest BCUT2D eigenvalue weighted by Crippen LogP contribution is 2.35. The van der Waals surface area contributed by atoms with Crippen molar-refractivity contribution < 1.29 is 76.5 Å². The lowest BCUT2D eigenvalue weighted by molar-refractivity contribution is -0.163. The third kappa shape index (κ3) is 14.1. The Morgan fingerprint density at radius 2 is 1.13 bits per heavy atom. The summed E-state index contributed by atoms with van der Waals surface area (Å²) >= 11 is 0. The summed E-state index contributed by atoms with van der Waals surface area (Å²) in [6, 6.07) is -8.46. The topological polar surface area (TPSA) is 380 Å². The number of ether oxygens (including phenoxy) is 2. The number of aromatic nitrogens is 1. The van der Waals surface area contributed by atoms with Crippen LogP contribution >= 0.6 is 0 Å². The Labute approximate surface area is 527 Å². The summed E-state index contributed by atoms with van der Waals surface area (Å²) < 4.78 is 18.3. The van der Waals surface area contributed by atoms with Crippen molar-refractivity contribution in [3.05, 3.63) is 44.6 Å². The second kappa shape index (κ2) is 27.8. The molecule has 29 nitrogen and oxygen atoms in total. The van der Waals surface area contributed by atoms with Gasteiger partial charge < -0.3 is 75.4 Å². The first-order chi connectivity index (χ1) is 42.5. The Balaban J connectivity index is 1.32. The second-order valence-electron chi connectivity index (χ2n) is 25.8. The number of nitrogens with one attached hydrogen (secondary N) is 4. The summed E-state index contributed by atoms with van der Waals surface area (Å²) in [7, 11) is 5.46. The molecule has 5 heterocycles. The van der Waals surface area contributed by atoms with Gasteiger partial charge in [-0.3, -0.25) is 52.7 Å². The second-order valence-corrected chi connectivity index (χ2v) is 25.8.